The first-order chi connectivity index (χ1) is 4.90. The molecule has 64 valence electrons. The summed E-state index contributed by atoms with van der Waals surface area (Å²) in [5.41, 5.74) is 0. The van der Waals surface area contributed by atoms with E-state index in [0.717, 1.165) is 9.71 Å². The van der Waals surface area contributed by atoms with Gasteiger partial charge in [-0.15, -0.1) is 0 Å². The fraction of sp³-hybridized carbons (Fsp3) is 0.500. The number of hydrogen-bond donors (Lipinski definition) is 0. The quantitative estimate of drug-likeness (QED) is 0.606. The van der Waals surface area contributed by atoms with E-state index in [1.165, 1.54) is 14.0 Å². The van der Waals surface area contributed by atoms with Gasteiger partial charge in [0.05, 0.1) is 6.54 Å². The van der Waals surface area contributed by atoms with E-state index in [2.05, 4.69) is 6.58 Å². The van der Waals surface area contributed by atoms with Crippen molar-refractivity contribution in [2.45, 2.75) is 6.92 Å². The number of rotatable bonds is 4. The van der Waals surface area contributed by atoms with E-state index in [4.69, 9.17) is 0 Å². The molecule has 0 fully saturated rings. The number of carbonyl (C=O) groups excluding carboxylic acids is 1. The van der Waals surface area contributed by atoms with Crippen LogP contribution in [0.1, 0.15) is 6.92 Å². The highest BCUT2D eigenvalue weighted by atomic mass is 32.2. The lowest BCUT2D eigenvalue weighted by Crippen LogP contribution is -2.29. The van der Waals surface area contributed by atoms with Gasteiger partial charge in [-0.2, -0.15) is 4.31 Å². The Morgan fingerprint density at radius 2 is 2.09 bits per heavy atom. The highest BCUT2D eigenvalue weighted by Gasteiger charge is 2.13. The fourth-order valence-electron chi connectivity index (χ4n) is 0.531. The minimum Gasteiger partial charge on any atom is -0.299 e. The number of likely N-dealkylation sites (N-methyl/N-ethyl adjacent to an activating group) is 1. The third-order valence-corrected chi connectivity index (χ3v) is 2.51. The molecule has 0 atom stereocenters. The Morgan fingerprint density at radius 3 is 2.36 bits per heavy atom. The smallest absolute Gasteiger partial charge is 0.235 e. The van der Waals surface area contributed by atoms with E-state index in [-0.39, 0.29) is 12.3 Å². The summed E-state index contributed by atoms with van der Waals surface area (Å²) in [4.78, 5) is 10.5. The molecule has 0 heterocycles. The summed E-state index contributed by atoms with van der Waals surface area (Å²) in [7, 11) is -2.09. The predicted octanol–water partition coefficient (Wildman–Crippen LogP) is -0.0195. The molecule has 5 heteroatoms. The molecule has 4 nitrogen and oxygen atoms in total. The Bertz CT molecular complexity index is 255. The van der Waals surface area contributed by atoms with E-state index < -0.39 is 10.0 Å². The molecule has 0 amide bonds. The number of hydrogen-bond acceptors (Lipinski definition) is 3. The van der Waals surface area contributed by atoms with Crippen LogP contribution in [0.4, 0.5) is 0 Å². The second kappa shape index (κ2) is 3.64. The molecule has 0 aromatic heterocycles. The van der Waals surface area contributed by atoms with E-state index in [9.17, 15) is 13.2 Å². The van der Waals surface area contributed by atoms with Crippen molar-refractivity contribution in [1.82, 2.24) is 4.31 Å². The first-order valence-corrected chi connectivity index (χ1v) is 4.48. The van der Waals surface area contributed by atoms with Crippen molar-refractivity contribution in [2.75, 3.05) is 13.6 Å². The van der Waals surface area contributed by atoms with Gasteiger partial charge in [0.15, 0.2) is 0 Å². The van der Waals surface area contributed by atoms with Gasteiger partial charge in [0, 0.05) is 12.5 Å². The summed E-state index contributed by atoms with van der Waals surface area (Å²) >= 11 is 0. The summed E-state index contributed by atoms with van der Waals surface area (Å²) < 4.78 is 22.7. The van der Waals surface area contributed by atoms with Gasteiger partial charge in [-0.25, -0.2) is 8.42 Å². The minimum atomic E-state index is -3.42. The Balaban J connectivity index is 4.37. The summed E-state index contributed by atoms with van der Waals surface area (Å²) in [6, 6.07) is 0. The molecule has 0 aliphatic heterocycles. The highest BCUT2D eigenvalue weighted by molar-refractivity contribution is 7.92. The van der Waals surface area contributed by atoms with Gasteiger partial charge < -0.3 is 0 Å². The summed E-state index contributed by atoms with van der Waals surface area (Å²) in [5.74, 6) is -0.196. The third kappa shape index (κ3) is 3.29. The molecule has 0 saturated carbocycles. The van der Waals surface area contributed by atoms with Crippen molar-refractivity contribution in [3.63, 3.8) is 0 Å². The lowest BCUT2D eigenvalue weighted by atomic mass is 10.5. The number of carbonyl (C=O) groups is 1. The van der Waals surface area contributed by atoms with Crippen LogP contribution in [-0.4, -0.2) is 32.1 Å². The Hall–Kier alpha value is -0.680. The molecule has 0 bridgehead atoms. The molecule has 0 aliphatic carbocycles. The van der Waals surface area contributed by atoms with Crippen LogP contribution >= 0.6 is 0 Å². The molecule has 0 aromatic carbocycles. The maximum atomic E-state index is 10.9. The van der Waals surface area contributed by atoms with Crippen LogP contribution in [0.25, 0.3) is 0 Å². The number of nitrogens with zero attached hydrogens (tertiary/aromatic N) is 1. The SMILES string of the molecule is C=CS(=O)(=O)N(C)CC(C)=O. The minimum absolute atomic E-state index is 0.103. The van der Waals surface area contributed by atoms with E-state index in [1.54, 1.807) is 0 Å². The standard InChI is InChI=1S/C6H11NO3S/c1-4-11(9,10)7(3)5-6(2)8/h4H,1,5H2,2-3H3. The van der Waals surface area contributed by atoms with Crippen molar-refractivity contribution >= 4 is 15.8 Å². The summed E-state index contributed by atoms with van der Waals surface area (Å²) in [6.45, 7) is 4.35. The Kier molecular flexibility index (Phi) is 3.41. The normalized spacial score (nSPS) is 11.5. The topological polar surface area (TPSA) is 54.5 Å². The number of ketones is 1. The van der Waals surface area contributed by atoms with Gasteiger partial charge in [0.1, 0.15) is 5.78 Å². The number of Topliss-reactive ketones (excluding diaryl/α,β-unsaturated/α-hetero) is 1. The average Bonchev–Trinajstić information content (AvgIpc) is 1.86. The van der Waals surface area contributed by atoms with Crippen molar-refractivity contribution in [3.8, 4) is 0 Å². The molecule has 0 radical (unpaired) electrons. The van der Waals surface area contributed by atoms with Crippen LogP contribution < -0.4 is 0 Å². The zero-order valence-corrected chi connectivity index (χ0v) is 7.39. The molecular formula is C6H11NO3S. The lowest BCUT2D eigenvalue weighted by molar-refractivity contribution is -0.117. The predicted molar refractivity (Wildman–Crippen MR) is 42.4 cm³/mol. The maximum Gasteiger partial charge on any atom is 0.235 e. The van der Waals surface area contributed by atoms with Gasteiger partial charge in [-0.3, -0.25) is 4.79 Å². The molecule has 0 unspecified atom stereocenters. The molecule has 0 aromatic rings. The molecule has 11 heavy (non-hydrogen) atoms. The Labute approximate surface area is 66.6 Å². The highest BCUT2D eigenvalue weighted by Crippen LogP contribution is 1.97. The fourth-order valence-corrected chi connectivity index (χ4v) is 1.15. The zero-order valence-electron chi connectivity index (χ0n) is 6.57. The van der Waals surface area contributed by atoms with Crippen molar-refractivity contribution in [2.24, 2.45) is 0 Å². The van der Waals surface area contributed by atoms with Crippen molar-refractivity contribution in [3.05, 3.63) is 12.0 Å². The van der Waals surface area contributed by atoms with Crippen molar-refractivity contribution < 1.29 is 13.2 Å². The lowest BCUT2D eigenvalue weighted by Gasteiger charge is -2.11. The first kappa shape index (κ1) is 10.3. The molecule has 0 N–H and O–H groups in total. The van der Waals surface area contributed by atoms with Crippen LogP contribution in [0, 0.1) is 0 Å². The molecular weight excluding hydrogens is 166 g/mol. The molecule has 0 saturated heterocycles. The zero-order chi connectivity index (χ0) is 9.07. The van der Waals surface area contributed by atoms with Gasteiger partial charge in [0.2, 0.25) is 10.0 Å². The second-order valence-corrected chi connectivity index (χ2v) is 4.16. The van der Waals surface area contributed by atoms with Gasteiger partial charge in [0.25, 0.3) is 0 Å². The average molecular weight is 177 g/mol. The molecule has 0 spiro atoms. The first-order valence-electron chi connectivity index (χ1n) is 2.98. The number of sulfonamides is 1. The van der Waals surface area contributed by atoms with Gasteiger partial charge in [-0.05, 0) is 6.92 Å². The van der Waals surface area contributed by atoms with Crippen LogP contribution in [0.15, 0.2) is 12.0 Å². The maximum absolute atomic E-state index is 10.9. The van der Waals surface area contributed by atoms with Crippen LogP contribution in [0.2, 0.25) is 0 Å². The summed E-state index contributed by atoms with van der Waals surface area (Å²) in [5, 5.41) is 0.815. The second-order valence-electron chi connectivity index (χ2n) is 2.17. The molecule has 0 rings (SSSR count). The third-order valence-electron chi connectivity index (χ3n) is 1.09. The van der Waals surface area contributed by atoms with E-state index in [0.29, 0.717) is 0 Å². The van der Waals surface area contributed by atoms with Crippen LogP contribution in [-0.2, 0) is 14.8 Å². The van der Waals surface area contributed by atoms with Crippen LogP contribution in [0.3, 0.4) is 0 Å². The summed E-state index contributed by atoms with van der Waals surface area (Å²) in [6.07, 6.45) is 0. The van der Waals surface area contributed by atoms with E-state index in [1.807, 2.05) is 0 Å². The van der Waals surface area contributed by atoms with Gasteiger partial charge in [-0.1, -0.05) is 6.58 Å². The van der Waals surface area contributed by atoms with Crippen LogP contribution in [0.5, 0.6) is 0 Å². The monoisotopic (exact) mass is 177 g/mol. The molecule has 0 aliphatic rings. The Morgan fingerprint density at radius 1 is 1.64 bits per heavy atom. The van der Waals surface area contributed by atoms with Crippen molar-refractivity contribution in [1.29, 1.82) is 0 Å². The van der Waals surface area contributed by atoms with Gasteiger partial charge >= 0.3 is 0 Å². The largest absolute Gasteiger partial charge is 0.299 e. The van der Waals surface area contributed by atoms with E-state index >= 15 is 0 Å².